The molecular weight excluding hydrogens is 206 g/mol. The smallest absolute Gasteiger partial charge is 0.0753 e. The lowest BCUT2D eigenvalue weighted by Crippen LogP contribution is -2.49. The molecule has 1 aliphatic heterocycles. The van der Waals surface area contributed by atoms with Gasteiger partial charge in [0.15, 0.2) is 0 Å². The van der Waals surface area contributed by atoms with E-state index in [1.165, 1.54) is 19.4 Å². The summed E-state index contributed by atoms with van der Waals surface area (Å²) in [5, 5.41) is 0. The fourth-order valence-corrected chi connectivity index (χ4v) is 2.58. The van der Waals surface area contributed by atoms with Crippen molar-refractivity contribution in [3.05, 3.63) is 0 Å². The Labute approximate surface area is 99.8 Å². The Morgan fingerprint density at radius 1 is 1.47 bits per heavy atom. The molecule has 0 aromatic heterocycles. The van der Waals surface area contributed by atoms with Gasteiger partial charge in [-0.05, 0) is 31.9 Å². The highest BCUT2D eigenvalue weighted by Crippen LogP contribution is 2.19. The highest BCUT2D eigenvalue weighted by molar-refractivity contribution is 7.80. The molecule has 0 spiro atoms. The van der Waals surface area contributed by atoms with E-state index >= 15 is 0 Å². The average molecular weight is 231 g/mol. The van der Waals surface area contributed by atoms with Crippen molar-refractivity contribution >= 4 is 12.6 Å². The van der Waals surface area contributed by atoms with Gasteiger partial charge in [-0.3, -0.25) is 4.90 Å². The SMILES string of the molecule is CCCC(CS)CN1CCOC(C)(C)C1. The Kier molecular flexibility index (Phi) is 5.44. The first kappa shape index (κ1) is 13.3. The molecule has 0 amide bonds. The van der Waals surface area contributed by atoms with Crippen molar-refractivity contribution in [3.8, 4) is 0 Å². The molecule has 1 saturated heterocycles. The van der Waals surface area contributed by atoms with Gasteiger partial charge in [-0.1, -0.05) is 13.3 Å². The van der Waals surface area contributed by atoms with E-state index in [2.05, 4.69) is 38.3 Å². The minimum Gasteiger partial charge on any atom is -0.373 e. The van der Waals surface area contributed by atoms with E-state index in [9.17, 15) is 0 Å². The summed E-state index contributed by atoms with van der Waals surface area (Å²) in [6.45, 7) is 10.8. The van der Waals surface area contributed by atoms with Gasteiger partial charge in [0.2, 0.25) is 0 Å². The van der Waals surface area contributed by atoms with Crippen molar-refractivity contribution < 1.29 is 4.74 Å². The zero-order valence-electron chi connectivity index (χ0n) is 10.3. The quantitative estimate of drug-likeness (QED) is 0.730. The van der Waals surface area contributed by atoms with Gasteiger partial charge >= 0.3 is 0 Å². The molecule has 0 aromatic carbocycles. The molecule has 15 heavy (non-hydrogen) atoms. The van der Waals surface area contributed by atoms with E-state index in [0.717, 1.165) is 31.4 Å². The molecule has 90 valence electrons. The fraction of sp³-hybridized carbons (Fsp3) is 1.00. The van der Waals surface area contributed by atoms with Crippen molar-refractivity contribution in [2.45, 2.75) is 39.2 Å². The summed E-state index contributed by atoms with van der Waals surface area (Å²) in [6.07, 6.45) is 2.56. The fourth-order valence-electron chi connectivity index (χ4n) is 2.28. The van der Waals surface area contributed by atoms with E-state index in [4.69, 9.17) is 4.74 Å². The molecule has 0 radical (unpaired) electrons. The van der Waals surface area contributed by atoms with Crippen LogP contribution in [0, 0.1) is 5.92 Å². The zero-order valence-corrected chi connectivity index (χ0v) is 11.2. The highest BCUT2D eigenvalue weighted by Gasteiger charge is 2.27. The van der Waals surface area contributed by atoms with E-state index in [0.29, 0.717) is 0 Å². The summed E-state index contributed by atoms with van der Waals surface area (Å²) < 4.78 is 5.71. The van der Waals surface area contributed by atoms with Crippen LogP contribution >= 0.6 is 12.6 Å². The molecule has 0 saturated carbocycles. The van der Waals surface area contributed by atoms with Crippen molar-refractivity contribution in [2.75, 3.05) is 32.0 Å². The third-order valence-corrected chi connectivity index (χ3v) is 3.49. The molecule has 0 bridgehead atoms. The van der Waals surface area contributed by atoms with Crippen LogP contribution in [0.1, 0.15) is 33.6 Å². The predicted molar refractivity (Wildman–Crippen MR) is 68.7 cm³/mol. The van der Waals surface area contributed by atoms with Crippen molar-refractivity contribution in [1.82, 2.24) is 4.90 Å². The average Bonchev–Trinajstić information content (AvgIpc) is 2.15. The van der Waals surface area contributed by atoms with Gasteiger partial charge in [-0.15, -0.1) is 0 Å². The predicted octanol–water partition coefficient (Wildman–Crippen LogP) is 2.44. The largest absolute Gasteiger partial charge is 0.373 e. The summed E-state index contributed by atoms with van der Waals surface area (Å²) in [7, 11) is 0. The lowest BCUT2D eigenvalue weighted by molar-refractivity contribution is -0.0885. The normalized spacial score (nSPS) is 24.0. The van der Waals surface area contributed by atoms with E-state index in [1.54, 1.807) is 0 Å². The monoisotopic (exact) mass is 231 g/mol. The molecule has 1 unspecified atom stereocenters. The Hall–Kier alpha value is 0.270. The van der Waals surface area contributed by atoms with Crippen LogP contribution in [-0.2, 0) is 4.74 Å². The molecule has 1 fully saturated rings. The number of rotatable bonds is 5. The second kappa shape index (κ2) is 6.12. The van der Waals surface area contributed by atoms with Crippen LogP contribution in [0.3, 0.4) is 0 Å². The Morgan fingerprint density at radius 3 is 2.73 bits per heavy atom. The second-order valence-corrected chi connectivity index (χ2v) is 5.55. The third kappa shape index (κ3) is 4.75. The van der Waals surface area contributed by atoms with Crippen molar-refractivity contribution in [1.29, 1.82) is 0 Å². The summed E-state index contributed by atoms with van der Waals surface area (Å²) in [5.74, 6) is 1.75. The van der Waals surface area contributed by atoms with Gasteiger partial charge in [-0.25, -0.2) is 0 Å². The van der Waals surface area contributed by atoms with E-state index < -0.39 is 0 Å². The summed E-state index contributed by atoms with van der Waals surface area (Å²) in [6, 6.07) is 0. The van der Waals surface area contributed by atoms with Crippen LogP contribution in [0.4, 0.5) is 0 Å². The van der Waals surface area contributed by atoms with Crippen LogP contribution in [0.5, 0.6) is 0 Å². The van der Waals surface area contributed by atoms with Gasteiger partial charge in [-0.2, -0.15) is 12.6 Å². The molecule has 0 aromatic rings. The maximum atomic E-state index is 5.71. The lowest BCUT2D eigenvalue weighted by atomic mass is 10.0. The second-order valence-electron chi connectivity index (χ2n) is 5.18. The van der Waals surface area contributed by atoms with Crippen molar-refractivity contribution in [2.24, 2.45) is 5.92 Å². The molecule has 1 heterocycles. The Balaban J connectivity index is 2.36. The molecule has 0 aliphatic carbocycles. The first-order valence-electron chi connectivity index (χ1n) is 6.04. The maximum Gasteiger partial charge on any atom is 0.0753 e. The maximum absolute atomic E-state index is 5.71. The standard InChI is InChI=1S/C12H25NOS/c1-4-5-11(9-15)8-13-6-7-14-12(2,3)10-13/h11,15H,4-10H2,1-3H3. The van der Waals surface area contributed by atoms with Gasteiger partial charge < -0.3 is 4.74 Å². The van der Waals surface area contributed by atoms with Gasteiger partial charge in [0.05, 0.1) is 12.2 Å². The molecule has 3 heteroatoms. The van der Waals surface area contributed by atoms with Crippen LogP contribution in [0.2, 0.25) is 0 Å². The topological polar surface area (TPSA) is 12.5 Å². The van der Waals surface area contributed by atoms with E-state index in [1.807, 2.05) is 0 Å². The Bertz CT molecular complexity index is 184. The number of ether oxygens (including phenoxy) is 1. The van der Waals surface area contributed by atoms with Crippen LogP contribution in [-0.4, -0.2) is 42.5 Å². The summed E-state index contributed by atoms with van der Waals surface area (Å²) in [5.41, 5.74) is 0.0333. The summed E-state index contributed by atoms with van der Waals surface area (Å²) in [4.78, 5) is 2.53. The van der Waals surface area contributed by atoms with Gasteiger partial charge in [0, 0.05) is 19.6 Å². The van der Waals surface area contributed by atoms with Crippen LogP contribution < -0.4 is 0 Å². The lowest BCUT2D eigenvalue weighted by Gasteiger charge is -2.39. The molecule has 2 nitrogen and oxygen atoms in total. The number of nitrogens with zero attached hydrogens (tertiary/aromatic N) is 1. The Morgan fingerprint density at radius 2 is 2.20 bits per heavy atom. The number of hydrogen-bond donors (Lipinski definition) is 1. The zero-order chi connectivity index (χ0) is 11.3. The first-order valence-corrected chi connectivity index (χ1v) is 6.68. The minimum atomic E-state index is 0.0333. The molecule has 1 aliphatic rings. The minimum absolute atomic E-state index is 0.0333. The number of morpholine rings is 1. The molecule has 1 rings (SSSR count). The third-order valence-electron chi connectivity index (χ3n) is 2.98. The van der Waals surface area contributed by atoms with Crippen LogP contribution in [0.25, 0.3) is 0 Å². The van der Waals surface area contributed by atoms with Gasteiger partial charge in [0.25, 0.3) is 0 Å². The molecule has 1 atom stereocenters. The molecule has 0 N–H and O–H groups in total. The van der Waals surface area contributed by atoms with Crippen molar-refractivity contribution in [3.63, 3.8) is 0 Å². The van der Waals surface area contributed by atoms with E-state index in [-0.39, 0.29) is 5.60 Å². The van der Waals surface area contributed by atoms with Crippen LogP contribution in [0.15, 0.2) is 0 Å². The summed E-state index contributed by atoms with van der Waals surface area (Å²) >= 11 is 4.43. The van der Waals surface area contributed by atoms with Gasteiger partial charge in [0.1, 0.15) is 0 Å². The molecular formula is C12H25NOS. The first-order chi connectivity index (χ1) is 7.07. The number of hydrogen-bond acceptors (Lipinski definition) is 3. The highest BCUT2D eigenvalue weighted by atomic mass is 32.1. The number of thiol groups is 1.